The van der Waals surface area contributed by atoms with Crippen LogP contribution in [0.1, 0.15) is 18.7 Å². The highest BCUT2D eigenvalue weighted by molar-refractivity contribution is 5.93. The fourth-order valence-electron chi connectivity index (χ4n) is 3.14. The zero-order valence-electron chi connectivity index (χ0n) is 16.9. The number of nitrogens with one attached hydrogen (secondary N) is 1. The molecule has 9 nitrogen and oxygen atoms in total. The van der Waals surface area contributed by atoms with Crippen LogP contribution in [-0.2, 0) is 11.8 Å². The van der Waals surface area contributed by atoms with Gasteiger partial charge < -0.3 is 5.32 Å². The lowest BCUT2D eigenvalue weighted by Crippen LogP contribution is -2.28. The van der Waals surface area contributed by atoms with Gasteiger partial charge in [0.25, 0.3) is 11.5 Å². The number of aromatic nitrogens is 6. The van der Waals surface area contributed by atoms with E-state index in [1.807, 2.05) is 60.7 Å². The molecule has 152 valence electrons. The number of carbonyl (C=O) groups is 1. The molecule has 2 heterocycles. The molecule has 4 rings (SSSR count). The van der Waals surface area contributed by atoms with Crippen LogP contribution in [0.4, 0.5) is 5.69 Å². The topological polar surface area (TPSA) is 99.6 Å². The monoisotopic (exact) mass is 403 g/mol. The van der Waals surface area contributed by atoms with Crippen LogP contribution in [-0.4, -0.2) is 35.5 Å². The molecule has 1 unspecified atom stereocenters. The summed E-state index contributed by atoms with van der Waals surface area (Å²) in [5, 5.41) is 15.1. The lowest BCUT2D eigenvalue weighted by Gasteiger charge is -2.09. The van der Waals surface area contributed by atoms with Gasteiger partial charge in [0.2, 0.25) is 5.82 Å². The van der Waals surface area contributed by atoms with Crippen molar-refractivity contribution >= 4 is 11.6 Å². The zero-order chi connectivity index (χ0) is 21.3. The fraction of sp³-hybridized carbons (Fsp3) is 0.190. The molecule has 2 aromatic heterocycles. The van der Waals surface area contributed by atoms with Crippen LogP contribution < -0.4 is 10.9 Å². The largest absolute Gasteiger partial charge is 0.318 e. The van der Waals surface area contributed by atoms with Crippen molar-refractivity contribution in [3.05, 3.63) is 76.7 Å². The summed E-state index contributed by atoms with van der Waals surface area (Å²) in [6.07, 6.45) is 0. The van der Waals surface area contributed by atoms with Gasteiger partial charge in [-0.1, -0.05) is 48.5 Å². The molecule has 0 aliphatic carbocycles. The number of carbonyl (C=O) groups excluding carboxylic acids is 1. The Morgan fingerprint density at radius 2 is 1.67 bits per heavy atom. The first kappa shape index (κ1) is 19.3. The molecule has 9 heteroatoms. The maximum Gasteiger partial charge on any atom is 0.295 e. The Morgan fingerprint density at radius 1 is 1.03 bits per heavy atom. The minimum absolute atomic E-state index is 0.224. The van der Waals surface area contributed by atoms with Crippen LogP contribution in [0.2, 0.25) is 0 Å². The summed E-state index contributed by atoms with van der Waals surface area (Å²) in [4.78, 5) is 27.0. The Hall–Kier alpha value is -4.01. The Labute approximate surface area is 172 Å². The number of nitrogens with zero attached hydrogens (tertiary/aromatic N) is 6. The average molecular weight is 403 g/mol. The summed E-state index contributed by atoms with van der Waals surface area (Å²) >= 11 is 0. The SMILES string of the molecule is Cc1c(NC(=O)C(C)n2nnc(-c3ccccc3)n2)c(=O)n(-c2ccccc2)n1C. The molecule has 4 aromatic rings. The van der Waals surface area contributed by atoms with E-state index in [-0.39, 0.29) is 11.2 Å². The fourth-order valence-corrected chi connectivity index (χ4v) is 3.14. The number of benzene rings is 2. The second-order valence-electron chi connectivity index (χ2n) is 6.90. The van der Waals surface area contributed by atoms with Crippen LogP contribution in [0.15, 0.2) is 65.5 Å². The maximum atomic E-state index is 13.0. The van der Waals surface area contributed by atoms with Crippen LogP contribution in [0, 0.1) is 6.92 Å². The number of anilines is 1. The Kier molecular flexibility index (Phi) is 5.01. The van der Waals surface area contributed by atoms with Gasteiger partial charge in [0.1, 0.15) is 11.7 Å². The molecule has 1 amide bonds. The quantitative estimate of drug-likeness (QED) is 0.551. The molecule has 0 saturated heterocycles. The summed E-state index contributed by atoms with van der Waals surface area (Å²) in [5.41, 5.74) is 2.08. The van der Waals surface area contributed by atoms with E-state index in [9.17, 15) is 9.59 Å². The van der Waals surface area contributed by atoms with Gasteiger partial charge in [0.15, 0.2) is 0 Å². The Morgan fingerprint density at radius 3 is 2.33 bits per heavy atom. The van der Waals surface area contributed by atoms with Crippen LogP contribution in [0.3, 0.4) is 0 Å². The summed E-state index contributed by atoms with van der Waals surface area (Å²) in [6, 6.07) is 17.9. The zero-order valence-corrected chi connectivity index (χ0v) is 16.9. The van der Waals surface area contributed by atoms with E-state index in [4.69, 9.17) is 0 Å². The van der Waals surface area contributed by atoms with Gasteiger partial charge >= 0.3 is 0 Å². The number of hydrogen-bond donors (Lipinski definition) is 1. The van der Waals surface area contributed by atoms with Crippen molar-refractivity contribution in [3.63, 3.8) is 0 Å². The second kappa shape index (κ2) is 7.78. The first-order chi connectivity index (χ1) is 14.5. The molecular formula is C21H21N7O2. The minimum atomic E-state index is -0.751. The van der Waals surface area contributed by atoms with E-state index in [0.717, 1.165) is 5.56 Å². The van der Waals surface area contributed by atoms with Crippen molar-refractivity contribution in [1.82, 2.24) is 29.6 Å². The van der Waals surface area contributed by atoms with Gasteiger partial charge in [-0.25, -0.2) is 4.68 Å². The average Bonchev–Trinajstić information content (AvgIpc) is 3.34. The van der Waals surface area contributed by atoms with E-state index in [2.05, 4.69) is 20.7 Å². The van der Waals surface area contributed by atoms with Crippen molar-refractivity contribution in [2.45, 2.75) is 19.9 Å². The van der Waals surface area contributed by atoms with Gasteiger partial charge in [-0.3, -0.25) is 14.3 Å². The van der Waals surface area contributed by atoms with Gasteiger partial charge in [-0.05, 0) is 31.2 Å². The molecule has 0 aliphatic rings. The third kappa shape index (κ3) is 3.41. The lowest BCUT2D eigenvalue weighted by atomic mass is 10.2. The molecule has 30 heavy (non-hydrogen) atoms. The van der Waals surface area contributed by atoms with E-state index in [1.54, 1.807) is 25.6 Å². The number of para-hydroxylation sites is 1. The number of hydrogen-bond acceptors (Lipinski definition) is 5. The predicted octanol–water partition coefficient (Wildman–Crippen LogP) is 2.34. The maximum absolute atomic E-state index is 13.0. The highest BCUT2D eigenvalue weighted by Crippen LogP contribution is 2.17. The van der Waals surface area contributed by atoms with E-state index in [1.165, 1.54) is 9.48 Å². The first-order valence-electron chi connectivity index (χ1n) is 9.47. The molecule has 0 spiro atoms. The Balaban J connectivity index is 1.59. The third-order valence-electron chi connectivity index (χ3n) is 4.99. The number of rotatable bonds is 5. The molecule has 0 bridgehead atoms. The summed E-state index contributed by atoms with van der Waals surface area (Å²) in [5.74, 6) is 0.0237. The first-order valence-corrected chi connectivity index (χ1v) is 9.47. The van der Waals surface area contributed by atoms with Crippen molar-refractivity contribution in [2.75, 3.05) is 5.32 Å². The highest BCUT2D eigenvalue weighted by Gasteiger charge is 2.23. The molecule has 2 aromatic carbocycles. The van der Waals surface area contributed by atoms with Crippen LogP contribution >= 0.6 is 0 Å². The molecule has 1 atom stereocenters. The molecule has 0 radical (unpaired) electrons. The molecular weight excluding hydrogens is 382 g/mol. The molecule has 0 aliphatic heterocycles. The van der Waals surface area contributed by atoms with Gasteiger partial charge in [0, 0.05) is 12.6 Å². The Bertz CT molecular complexity index is 1240. The number of amides is 1. The lowest BCUT2D eigenvalue weighted by molar-refractivity contribution is -0.119. The smallest absolute Gasteiger partial charge is 0.295 e. The molecule has 1 N–H and O–H groups in total. The summed E-state index contributed by atoms with van der Waals surface area (Å²) in [6.45, 7) is 3.43. The summed E-state index contributed by atoms with van der Waals surface area (Å²) < 4.78 is 3.22. The highest BCUT2D eigenvalue weighted by atomic mass is 16.2. The van der Waals surface area contributed by atoms with E-state index >= 15 is 0 Å². The minimum Gasteiger partial charge on any atom is -0.318 e. The van der Waals surface area contributed by atoms with Gasteiger partial charge in [-0.15, -0.1) is 10.2 Å². The van der Waals surface area contributed by atoms with Gasteiger partial charge in [0.05, 0.1) is 11.4 Å². The standard InChI is InChI=1S/C21H21N7O2/c1-14-18(21(30)27(26(14)3)17-12-8-5-9-13-17)22-20(29)15(2)28-24-19(23-25-28)16-10-6-4-7-11-16/h4-13,15H,1-3H3,(H,22,29). The van der Waals surface area contributed by atoms with Crippen molar-refractivity contribution in [1.29, 1.82) is 0 Å². The normalized spacial score (nSPS) is 12.0. The molecule has 0 saturated carbocycles. The van der Waals surface area contributed by atoms with Gasteiger partial charge in [-0.2, -0.15) is 4.80 Å². The van der Waals surface area contributed by atoms with Crippen LogP contribution in [0.25, 0.3) is 17.1 Å². The molecule has 0 fully saturated rings. The second-order valence-corrected chi connectivity index (χ2v) is 6.90. The number of tetrazole rings is 1. The summed E-state index contributed by atoms with van der Waals surface area (Å²) in [7, 11) is 1.77. The predicted molar refractivity (Wildman–Crippen MR) is 112 cm³/mol. The van der Waals surface area contributed by atoms with E-state index < -0.39 is 11.9 Å². The third-order valence-corrected chi connectivity index (χ3v) is 4.99. The van der Waals surface area contributed by atoms with Crippen molar-refractivity contribution in [2.24, 2.45) is 7.05 Å². The van der Waals surface area contributed by atoms with E-state index in [0.29, 0.717) is 17.2 Å². The van der Waals surface area contributed by atoms with Crippen LogP contribution in [0.5, 0.6) is 0 Å². The van der Waals surface area contributed by atoms with Crippen molar-refractivity contribution < 1.29 is 4.79 Å². The van der Waals surface area contributed by atoms with Crippen molar-refractivity contribution in [3.8, 4) is 17.1 Å².